The molecule has 2 unspecified atom stereocenters. The second kappa shape index (κ2) is 17.6. The zero-order valence-electron chi connectivity index (χ0n) is 27.4. The first-order valence-electron chi connectivity index (χ1n) is 14.8. The van der Waals surface area contributed by atoms with Crippen LogP contribution in [-0.4, -0.2) is 71.5 Å². The van der Waals surface area contributed by atoms with Crippen LogP contribution in [0.1, 0.15) is 90.1 Å². The zero-order chi connectivity index (χ0) is 31.4. The Morgan fingerprint density at radius 3 is 1.51 bits per heavy atom. The van der Waals surface area contributed by atoms with E-state index in [0.29, 0.717) is 12.5 Å². The highest BCUT2D eigenvalue weighted by Gasteiger charge is 2.36. The fraction of sp³-hybridized carbons (Fsp3) is 0.742. The molecule has 0 aliphatic carbocycles. The molecule has 2 atom stereocenters. The minimum absolute atomic E-state index is 0.00948. The van der Waals surface area contributed by atoms with Crippen molar-refractivity contribution < 1.29 is 24.7 Å². The molecule has 1 fully saturated rings. The number of aliphatic hydroxyl groups is 1. The molecule has 41 heavy (non-hydrogen) atoms. The summed E-state index contributed by atoms with van der Waals surface area (Å²) in [5, 5.41) is 37.1. The fourth-order valence-electron chi connectivity index (χ4n) is 4.18. The highest BCUT2D eigenvalue weighted by atomic mass is 32.1. The normalized spacial score (nSPS) is 16.0. The maximum absolute atomic E-state index is 10.8. The lowest BCUT2D eigenvalue weighted by Gasteiger charge is -2.41. The van der Waals surface area contributed by atoms with E-state index in [2.05, 4.69) is 58.8 Å². The van der Waals surface area contributed by atoms with Gasteiger partial charge in [-0.2, -0.15) is 10.1 Å². The smallest absolute Gasteiger partial charge is 0.183 e. The molecule has 2 aromatic rings. The van der Waals surface area contributed by atoms with Gasteiger partial charge in [0.15, 0.2) is 8.32 Å². The van der Waals surface area contributed by atoms with E-state index in [1.807, 2.05) is 51.3 Å². The highest BCUT2D eigenvalue weighted by Crippen LogP contribution is 2.36. The maximum Gasteiger partial charge on any atom is 0.183 e. The third kappa shape index (κ3) is 13.2. The number of hydrogen-bond acceptors (Lipinski definition) is 9. The predicted molar refractivity (Wildman–Crippen MR) is 176 cm³/mol. The van der Waals surface area contributed by atoms with Crippen LogP contribution in [0.4, 0.5) is 0 Å². The summed E-state index contributed by atoms with van der Waals surface area (Å²) in [5.74, 6) is 0.624. The minimum atomic E-state index is -1.58. The molecule has 3 rings (SSSR count). The zero-order valence-corrected chi connectivity index (χ0v) is 30.0. The Kier molecular flexibility index (Phi) is 16.5. The van der Waals surface area contributed by atoms with Gasteiger partial charge in [0, 0.05) is 23.0 Å². The van der Waals surface area contributed by atoms with Gasteiger partial charge in [-0.15, -0.1) is 22.7 Å². The van der Waals surface area contributed by atoms with Crippen LogP contribution >= 0.6 is 22.7 Å². The van der Waals surface area contributed by atoms with E-state index in [4.69, 9.17) is 9.16 Å². The topological polar surface area (TPSA) is 85.6 Å². The molecule has 2 aromatic heterocycles. The van der Waals surface area contributed by atoms with E-state index in [1.54, 1.807) is 22.7 Å². The number of aliphatic hydroxyl groups excluding tert-OH is 1. The SMILES string of the molecule is C1CCOC1.CC(C)C(c1cccs1)N(O)C(C)(C)CO.CC(C)C(c1cccs1)N(O)C(C)(C)CO[Si](C)(C)C. The second-order valence-corrected chi connectivity index (χ2v) is 20.1. The molecule has 0 amide bonds. The van der Waals surface area contributed by atoms with Crippen molar-refractivity contribution in [3.05, 3.63) is 44.8 Å². The number of nitrogens with zero attached hydrogens (tertiary/aromatic N) is 2. The number of hydrogen-bond donors (Lipinski definition) is 3. The third-order valence-electron chi connectivity index (χ3n) is 6.77. The Labute approximate surface area is 259 Å². The summed E-state index contributed by atoms with van der Waals surface area (Å²) in [6, 6.07) is 8.07. The molecule has 0 radical (unpaired) electrons. The van der Waals surface area contributed by atoms with Gasteiger partial charge in [0.25, 0.3) is 0 Å². The average Bonchev–Trinajstić information content (AvgIpc) is 3.68. The van der Waals surface area contributed by atoms with Crippen LogP contribution in [0, 0.1) is 11.8 Å². The molecule has 1 saturated heterocycles. The summed E-state index contributed by atoms with van der Waals surface area (Å²) < 4.78 is 10.9. The van der Waals surface area contributed by atoms with Gasteiger partial charge in [0.2, 0.25) is 0 Å². The molecule has 0 spiro atoms. The first kappa shape index (κ1) is 38.4. The molecule has 0 aromatic carbocycles. The van der Waals surface area contributed by atoms with Crippen LogP contribution in [0.15, 0.2) is 35.0 Å². The van der Waals surface area contributed by atoms with Crippen molar-refractivity contribution in [2.24, 2.45) is 11.8 Å². The Hall–Kier alpha value is -0.663. The summed E-state index contributed by atoms with van der Waals surface area (Å²) in [5.41, 5.74) is -1.03. The van der Waals surface area contributed by atoms with Crippen molar-refractivity contribution in [2.75, 3.05) is 26.4 Å². The van der Waals surface area contributed by atoms with Crippen molar-refractivity contribution in [2.45, 2.75) is 111 Å². The van der Waals surface area contributed by atoms with E-state index in [0.717, 1.165) is 18.1 Å². The van der Waals surface area contributed by atoms with Gasteiger partial charge in [-0.1, -0.05) is 39.8 Å². The van der Waals surface area contributed by atoms with Crippen LogP contribution in [0.5, 0.6) is 0 Å². The first-order chi connectivity index (χ1) is 18.9. The van der Waals surface area contributed by atoms with E-state index in [-0.39, 0.29) is 24.6 Å². The first-order valence-corrected chi connectivity index (χ1v) is 20.0. The predicted octanol–water partition coefficient (Wildman–Crippen LogP) is 8.47. The van der Waals surface area contributed by atoms with Crippen LogP contribution in [0.3, 0.4) is 0 Å². The van der Waals surface area contributed by atoms with Crippen LogP contribution in [-0.2, 0) is 9.16 Å². The number of hydroxylamine groups is 4. The minimum Gasteiger partial charge on any atom is -0.416 e. The van der Waals surface area contributed by atoms with Crippen molar-refractivity contribution in [1.82, 2.24) is 10.1 Å². The van der Waals surface area contributed by atoms with E-state index in [1.165, 1.54) is 27.8 Å². The summed E-state index contributed by atoms with van der Waals surface area (Å²) in [7, 11) is -1.58. The van der Waals surface area contributed by atoms with Gasteiger partial charge in [-0.05, 0) is 94.9 Å². The van der Waals surface area contributed by atoms with Gasteiger partial charge < -0.3 is 24.7 Å². The van der Waals surface area contributed by atoms with Gasteiger partial charge >= 0.3 is 0 Å². The third-order valence-corrected chi connectivity index (χ3v) is 9.67. The molecular formula is C31H58N2O5S2Si. The van der Waals surface area contributed by atoms with E-state index < -0.39 is 19.4 Å². The maximum atomic E-state index is 10.8. The van der Waals surface area contributed by atoms with E-state index >= 15 is 0 Å². The molecule has 7 nitrogen and oxygen atoms in total. The molecule has 0 bridgehead atoms. The lowest BCUT2D eigenvalue weighted by Crippen LogP contribution is -2.50. The van der Waals surface area contributed by atoms with Crippen molar-refractivity contribution in [3.8, 4) is 0 Å². The Morgan fingerprint density at radius 2 is 1.24 bits per heavy atom. The molecule has 3 heterocycles. The quantitative estimate of drug-likeness (QED) is 0.160. The van der Waals surface area contributed by atoms with Gasteiger partial charge in [-0.25, -0.2) is 0 Å². The largest absolute Gasteiger partial charge is 0.416 e. The van der Waals surface area contributed by atoms with Crippen LogP contribution in [0.2, 0.25) is 19.6 Å². The summed E-state index contributed by atoms with van der Waals surface area (Å²) in [4.78, 5) is 2.32. The number of rotatable bonds is 12. The van der Waals surface area contributed by atoms with Crippen LogP contribution in [0.25, 0.3) is 0 Å². The molecule has 0 saturated carbocycles. The fourth-order valence-corrected chi connectivity index (χ4v) is 6.93. The molecule has 10 heteroatoms. The molecular weight excluding hydrogens is 573 g/mol. The molecule has 3 N–H and O–H groups in total. The monoisotopic (exact) mass is 630 g/mol. The van der Waals surface area contributed by atoms with Crippen LogP contribution < -0.4 is 0 Å². The summed E-state index contributed by atoms with van der Waals surface area (Å²) >= 11 is 3.32. The van der Waals surface area contributed by atoms with Gasteiger partial charge in [0.1, 0.15) is 0 Å². The molecule has 1 aliphatic rings. The van der Waals surface area contributed by atoms with Crippen molar-refractivity contribution in [1.29, 1.82) is 0 Å². The number of thiophene rings is 2. The summed E-state index contributed by atoms with van der Waals surface area (Å²) in [6.45, 7) is 25.1. The van der Waals surface area contributed by atoms with Crippen molar-refractivity contribution >= 4 is 31.0 Å². The Morgan fingerprint density at radius 1 is 0.829 bits per heavy atom. The number of ether oxygens (including phenoxy) is 1. The molecule has 1 aliphatic heterocycles. The lowest BCUT2D eigenvalue weighted by atomic mass is 9.97. The summed E-state index contributed by atoms with van der Waals surface area (Å²) in [6.07, 6.45) is 2.56. The van der Waals surface area contributed by atoms with E-state index in [9.17, 15) is 15.5 Å². The second-order valence-electron chi connectivity index (χ2n) is 13.6. The highest BCUT2D eigenvalue weighted by molar-refractivity contribution is 7.10. The Bertz CT molecular complexity index is 919. The van der Waals surface area contributed by atoms with Gasteiger partial charge in [0.05, 0.1) is 36.4 Å². The van der Waals surface area contributed by atoms with Gasteiger partial charge in [-0.3, -0.25) is 0 Å². The lowest BCUT2D eigenvalue weighted by molar-refractivity contribution is -0.213. The molecule has 238 valence electrons. The standard InChI is InChI=1S/C15H29NO2SSi.C12H21NO2S.C4H8O/c1-12(2)14(13-9-8-10-19-13)16(17)15(3,4)11-18-20(5,6)7;1-9(2)11(10-6-5-7-16-10)13(15)12(3,4)8-14;1-2-4-5-3-1/h8-10,12,14,17H,11H2,1-7H3;5-7,9,11,14-15H,8H2,1-4H3;1-4H2. The average molecular weight is 631 g/mol. The van der Waals surface area contributed by atoms with Crippen molar-refractivity contribution in [3.63, 3.8) is 0 Å². The Balaban J connectivity index is 0.000000355.